The maximum atomic E-state index is 12.5. The highest BCUT2D eigenvalue weighted by Gasteiger charge is 2.17. The third-order valence-corrected chi connectivity index (χ3v) is 4.30. The van der Waals surface area contributed by atoms with Crippen molar-refractivity contribution >= 4 is 11.6 Å². The lowest BCUT2D eigenvalue weighted by atomic mass is 10.2. The van der Waals surface area contributed by atoms with Gasteiger partial charge in [0.15, 0.2) is 0 Å². The van der Waals surface area contributed by atoms with Crippen LogP contribution < -0.4 is 5.32 Å². The van der Waals surface area contributed by atoms with E-state index in [4.69, 9.17) is 4.74 Å². The second-order valence-corrected chi connectivity index (χ2v) is 5.87. The highest BCUT2D eigenvalue weighted by molar-refractivity contribution is 5.94. The molecule has 0 aliphatic carbocycles. The van der Waals surface area contributed by atoms with Gasteiger partial charge in [-0.1, -0.05) is 6.07 Å². The first-order valence-corrected chi connectivity index (χ1v) is 8.07. The second-order valence-electron chi connectivity index (χ2n) is 5.87. The number of aromatic nitrogens is 4. The van der Waals surface area contributed by atoms with Crippen LogP contribution in [-0.2, 0) is 24.3 Å². The van der Waals surface area contributed by atoms with Crippen LogP contribution in [0.5, 0.6) is 0 Å². The number of fused-ring (bicyclic) bond motifs is 2. The minimum Gasteiger partial charge on any atom is -0.376 e. The average molecular weight is 325 g/mol. The average Bonchev–Trinajstić information content (AvgIpc) is 3.15. The molecule has 0 saturated carbocycles. The van der Waals surface area contributed by atoms with Crippen LogP contribution in [0.3, 0.4) is 0 Å². The van der Waals surface area contributed by atoms with Crippen LogP contribution in [0.1, 0.15) is 27.4 Å². The van der Waals surface area contributed by atoms with Crippen LogP contribution in [0.2, 0.25) is 0 Å². The Hall–Kier alpha value is -2.67. The van der Waals surface area contributed by atoms with Gasteiger partial charge >= 0.3 is 0 Å². The number of nitrogens with zero attached hydrogens (tertiary/aromatic N) is 4. The lowest BCUT2D eigenvalue weighted by Crippen LogP contribution is -2.29. The van der Waals surface area contributed by atoms with Crippen molar-refractivity contribution in [3.63, 3.8) is 0 Å². The number of aryl methyl sites for hydroxylation is 1. The molecular formula is C17H19N5O2. The molecule has 1 aliphatic rings. The zero-order chi connectivity index (χ0) is 16.5. The number of nitrogens with one attached hydrogen (secondary N) is 1. The van der Waals surface area contributed by atoms with Crippen molar-refractivity contribution < 1.29 is 9.53 Å². The predicted molar refractivity (Wildman–Crippen MR) is 87.8 cm³/mol. The quantitative estimate of drug-likeness (QED) is 0.786. The Balaban J connectivity index is 1.45. The Labute approximate surface area is 139 Å². The van der Waals surface area contributed by atoms with Crippen molar-refractivity contribution in [3.05, 3.63) is 53.2 Å². The van der Waals surface area contributed by atoms with Gasteiger partial charge in [0.25, 0.3) is 5.91 Å². The summed E-state index contributed by atoms with van der Waals surface area (Å²) >= 11 is 0. The van der Waals surface area contributed by atoms with Gasteiger partial charge in [0.2, 0.25) is 0 Å². The number of hydrogen-bond donors (Lipinski definition) is 1. The number of rotatable bonds is 4. The summed E-state index contributed by atoms with van der Waals surface area (Å²) in [5.74, 6) is -0.115. The summed E-state index contributed by atoms with van der Waals surface area (Å²) in [7, 11) is 0. The number of amides is 1. The van der Waals surface area contributed by atoms with E-state index in [9.17, 15) is 4.79 Å². The van der Waals surface area contributed by atoms with Crippen LogP contribution >= 0.6 is 0 Å². The molecule has 0 unspecified atom stereocenters. The summed E-state index contributed by atoms with van der Waals surface area (Å²) < 4.78 is 9.20. The minimum atomic E-state index is -0.115. The number of hydrogen-bond acceptors (Lipinski definition) is 4. The second kappa shape index (κ2) is 6.09. The molecule has 4 heterocycles. The fourth-order valence-corrected chi connectivity index (χ4v) is 3.15. The normalized spacial score (nSPS) is 13.9. The Morgan fingerprint density at radius 1 is 1.42 bits per heavy atom. The molecule has 0 aromatic carbocycles. The molecule has 0 atom stereocenters. The van der Waals surface area contributed by atoms with E-state index in [-0.39, 0.29) is 5.91 Å². The van der Waals surface area contributed by atoms with Crippen LogP contribution in [0.25, 0.3) is 5.65 Å². The molecular weight excluding hydrogens is 306 g/mol. The molecule has 7 nitrogen and oxygen atoms in total. The number of pyridine rings is 1. The van der Waals surface area contributed by atoms with E-state index >= 15 is 0 Å². The summed E-state index contributed by atoms with van der Waals surface area (Å²) in [6.45, 7) is 4.38. The van der Waals surface area contributed by atoms with Crippen molar-refractivity contribution in [2.45, 2.75) is 26.5 Å². The highest BCUT2D eigenvalue weighted by atomic mass is 16.5. The molecule has 0 saturated heterocycles. The number of carbonyl (C=O) groups is 1. The van der Waals surface area contributed by atoms with Gasteiger partial charge in [-0.05, 0) is 19.1 Å². The lowest BCUT2D eigenvalue weighted by Gasteiger charge is -2.14. The minimum absolute atomic E-state index is 0.115. The maximum absolute atomic E-state index is 12.5. The zero-order valence-corrected chi connectivity index (χ0v) is 13.5. The van der Waals surface area contributed by atoms with E-state index in [0.717, 1.165) is 29.9 Å². The fourth-order valence-electron chi connectivity index (χ4n) is 3.15. The molecule has 3 aromatic heterocycles. The SMILES string of the molecule is Cc1nc2ccccn2c1C(=O)NCCn1ncc2c1CCOC2. The zero-order valence-electron chi connectivity index (χ0n) is 13.5. The van der Waals surface area contributed by atoms with E-state index in [1.807, 2.05) is 46.6 Å². The molecule has 0 bridgehead atoms. The largest absolute Gasteiger partial charge is 0.376 e. The van der Waals surface area contributed by atoms with Gasteiger partial charge in [0.05, 0.1) is 31.6 Å². The third-order valence-electron chi connectivity index (χ3n) is 4.30. The van der Waals surface area contributed by atoms with Crippen LogP contribution in [-0.4, -0.2) is 38.2 Å². The number of imidazole rings is 1. The molecule has 4 rings (SSSR count). The van der Waals surface area contributed by atoms with Crippen molar-refractivity contribution in [3.8, 4) is 0 Å². The summed E-state index contributed by atoms with van der Waals surface area (Å²) in [6, 6.07) is 5.69. The number of ether oxygens (including phenoxy) is 1. The predicted octanol–water partition coefficient (Wildman–Crippen LogP) is 1.34. The molecule has 0 radical (unpaired) electrons. The molecule has 24 heavy (non-hydrogen) atoms. The smallest absolute Gasteiger partial charge is 0.270 e. The Morgan fingerprint density at radius 3 is 3.25 bits per heavy atom. The van der Waals surface area contributed by atoms with Gasteiger partial charge in [-0.15, -0.1) is 0 Å². The third kappa shape index (κ3) is 2.56. The molecule has 0 spiro atoms. The van der Waals surface area contributed by atoms with Gasteiger partial charge < -0.3 is 10.1 Å². The summed E-state index contributed by atoms with van der Waals surface area (Å²) in [6.07, 6.45) is 4.58. The van der Waals surface area contributed by atoms with Crippen LogP contribution in [0, 0.1) is 6.92 Å². The molecule has 0 fully saturated rings. The molecule has 1 N–H and O–H groups in total. The summed E-state index contributed by atoms with van der Waals surface area (Å²) in [5, 5.41) is 7.36. The Bertz CT molecular complexity index is 896. The van der Waals surface area contributed by atoms with Gasteiger partial charge in [0.1, 0.15) is 11.3 Å². The van der Waals surface area contributed by atoms with Gasteiger partial charge in [0, 0.05) is 30.4 Å². The van der Waals surface area contributed by atoms with Crippen molar-refractivity contribution in [2.75, 3.05) is 13.2 Å². The fraction of sp³-hybridized carbons (Fsp3) is 0.353. The standard InChI is InChI=1S/C17H19N5O2/c1-12-16(21-7-3-2-4-15(21)20-12)17(23)18-6-8-22-14-5-9-24-11-13(14)10-19-22/h2-4,7,10H,5-6,8-9,11H2,1H3,(H,18,23). The Kier molecular flexibility index (Phi) is 3.78. The van der Waals surface area contributed by atoms with Crippen molar-refractivity contribution in [1.29, 1.82) is 0 Å². The summed E-state index contributed by atoms with van der Waals surface area (Å²) in [5.41, 5.74) is 4.45. The van der Waals surface area contributed by atoms with E-state index < -0.39 is 0 Å². The maximum Gasteiger partial charge on any atom is 0.270 e. The van der Waals surface area contributed by atoms with Crippen LogP contribution in [0.4, 0.5) is 0 Å². The van der Waals surface area contributed by atoms with Gasteiger partial charge in [-0.3, -0.25) is 13.9 Å². The molecule has 1 aliphatic heterocycles. The molecule has 3 aromatic rings. The van der Waals surface area contributed by atoms with E-state index in [1.165, 1.54) is 5.69 Å². The number of carbonyl (C=O) groups excluding carboxylic acids is 1. The van der Waals surface area contributed by atoms with E-state index in [0.29, 0.717) is 25.4 Å². The first kappa shape index (κ1) is 14.9. The lowest BCUT2D eigenvalue weighted by molar-refractivity contribution is 0.0944. The molecule has 124 valence electrons. The molecule has 1 amide bonds. The van der Waals surface area contributed by atoms with E-state index in [1.54, 1.807) is 0 Å². The first-order valence-electron chi connectivity index (χ1n) is 8.07. The Morgan fingerprint density at radius 2 is 2.33 bits per heavy atom. The van der Waals surface area contributed by atoms with Crippen molar-refractivity contribution in [2.24, 2.45) is 0 Å². The van der Waals surface area contributed by atoms with Gasteiger partial charge in [-0.25, -0.2) is 4.98 Å². The molecule has 7 heteroatoms. The summed E-state index contributed by atoms with van der Waals surface area (Å²) in [4.78, 5) is 17.0. The first-order chi connectivity index (χ1) is 11.7. The van der Waals surface area contributed by atoms with Crippen molar-refractivity contribution in [1.82, 2.24) is 24.5 Å². The monoisotopic (exact) mass is 325 g/mol. The topological polar surface area (TPSA) is 73.5 Å². The van der Waals surface area contributed by atoms with Crippen LogP contribution in [0.15, 0.2) is 30.6 Å². The van der Waals surface area contributed by atoms with Gasteiger partial charge in [-0.2, -0.15) is 5.10 Å². The highest BCUT2D eigenvalue weighted by Crippen LogP contribution is 2.16. The van der Waals surface area contributed by atoms with E-state index in [2.05, 4.69) is 15.4 Å².